The molecule has 5 nitrogen and oxygen atoms in total. The number of carbonyl (C=O) groups is 1. The lowest BCUT2D eigenvalue weighted by Crippen LogP contribution is -2.54. The summed E-state index contributed by atoms with van der Waals surface area (Å²) in [5, 5.41) is 3.68. The lowest BCUT2D eigenvalue weighted by atomic mass is 9.89. The quantitative estimate of drug-likeness (QED) is 0.759. The van der Waals surface area contributed by atoms with E-state index in [0.29, 0.717) is 16.9 Å². The second-order valence-electron chi connectivity index (χ2n) is 7.57. The van der Waals surface area contributed by atoms with Crippen LogP contribution in [0.5, 0.6) is 0 Å². The van der Waals surface area contributed by atoms with Crippen LogP contribution < -0.4 is 15.1 Å². The molecule has 0 spiro atoms. The molecule has 1 saturated carbocycles. The summed E-state index contributed by atoms with van der Waals surface area (Å²) in [6, 6.07) is 6.97. The molecule has 1 fully saturated rings. The SMILES string of the molecule is CN[C@H]1CC[C@@H](N2C(=O)N(c3c(C)cccc3F)Cc3cnc(Cl)cc32)CC1. The van der Waals surface area contributed by atoms with Crippen LogP contribution in [0, 0.1) is 12.7 Å². The molecule has 1 aliphatic carbocycles. The molecular weight excluding hydrogens is 379 g/mol. The fourth-order valence-electron chi connectivity index (χ4n) is 4.38. The summed E-state index contributed by atoms with van der Waals surface area (Å²) in [6.07, 6.45) is 5.47. The third-order valence-electron chi connectivity index (χ3n) is 5.88. The fraction of sp³-hybridized carbons (Fsp3) is 0.429. The van der Waals surface area contributed by atoms with Crippen molar-refractivity contribution in [2.24, 2.45) is 0 Å². The number of carbonyl (C=O) groups excluding carboxylic acids is 1. The maximum atomic E-state index is 14.7. The minimum Gasteiger partial charge on any atom is -0.317 e. The number of anilines is 2. The number of nitrogens with zero attached hydrogens (tertiary/aromatic N) is 3. The van der Waals surface area contributed by atoms with Gasteiger partial charge in [-0.15, -0.1) is 0 Å². The maximum Gasteiger partial charge on any atom is 0.329 e. The molecule has 2 amide bonds. The molecule has 1 aromatic heterocycles. The van der Waals surface area contributed by atoms with Gasteiger partial charge in [0.25, 0.3) is 0 Å². The summed E-state index contributed by atoms with van der Waals surface area (Å²) in [6.45, 7) is 2.10. The number of nitrogens with one attached hydrogen (secondary N) is 1. The summed E-state index contributed by atoms with van der Waals surface area (Å²) in [7, 11) is 1.97. The number of para-hydroxylation sites is 1. The van der Waals surface area contributed by atoms with Crippen molar-refractivity contribution in [2.45, 2.75) is 51.2 Å². The zero-order chi connectivity index (χ0) is 19.8. The monoisotopic (exact) mass is 402 g/mol. The second kappa shape index (κ2) is 7.68. The Bertz CT molecular complexity index is 878. The predicted molar refractivity (Wildman–Crippen MR) is 110 cm³/mol. The van der Waals surface area contributed by atoms with E-state index in [2.05, 4.69) is 10.3 Å². The van der Waals surface area contributed by atoms with E-state index in [9.17, 15) is 9.18 Å². The minimum atomic E-state index is -0.391. The number of halogens is 2. The molecule has 2 aromatic rings. The van der Waals surface area contributed by atoms with Crippen LogP contribution >= 0.6 is 11.6 Å². The lowest BCUT2D eigenvalue weighted by Gasteiger charge is -2.43. The number of amides is 2. The third-order valence-corrected chi connectivity index (χ3v) is 6.09. The topological polar surface area (TPSA) is 48.5 Å². The second-order valence-corrected chi connectivity index (χ2v) is 7.96. The van der Waals surface area contributed by atoms with Crippen molar-refractivity contribution in [3.05, 3.63) is 52.6 Å². The predicted octanol–water partition coefficient (Wildman–Crippen LogP) is 4.66. The highest BCUT2D eigenvalue weighted by Gasteiger charge is 2.38. The number of aromatic nitrogens is 1. The van der Waals surface area contributed by atoms with Gasteiger partial charge in [0.2, 0.25) is 0 Å². The molecular formula is C21H24ClFN4O. The van der Waals surface area contributed by atoms with Gasteiger partial charge in [0.1, 0.15) is 11.0 Å². The van der Waals surface area contributed by atoms with Gasteiger partial charge in [-0.25, -0.2) is 14.2 Å². The number of pyridine rings is 1. The standard InChI is InChI=1S/C21H24ClFN4O/c1-13-4-3-5-17(23)20(13)26-12-14-11-25-19(22)10-18(14)27(21(26)28)16-8-6-15(24-2)7-9-16/h3-5,10-11,15-16,24H,6-9,12H2,1-2H3/t15-,16+. The Hall–Kier alpha value is -2.18. The van der Waals surface area contributed by atoms with E-state index >= 15 is 0 Å². The number of fused-ring (bicyclic) bond motifs is 1. The summed E-state index contributed by atoms with van der Waals surface area (Å²) in [5.74, 6) is -0.391. The first-order chi connectivity index (χ1) is 13.5. The van der Waals surface area contributed by atoms with E-state index in [0.717, 1.165) is 42.5 Å². The van der Waals surface area contributed by atoms with Crippen LogP contribution in [-0.4, -0.2) is 30.1 Å². The lowest BCUT2D eigenvalue weighted by molar-refractivity contribution is 0.242. The molecule has 2 aliphatic rings. The Morgan fingerprint density at radius 1 is 1.25 bits per heavy atom. The summed E-state index contributed by atoms with van der Waals surface area (Å²) in [4.78, 5) is 21.1. The van der Waals surface area contributed by atoms with Gasteiger partial charge in [-0.3, -0.25) is 9.80 Å². The van der Waals surface area contributed by atoms with E-state index in [1.165, 1.54) is 11.0 Å². The first kappa shape index (κ1) is 19.2. The highest BCUT2D eigenvalue weighted by atomic mass is 35.5. The zero-order valence-corrected chi connectivity index (χ0v) is 16.8. The first-order valence-electron chi connectivity index (χ1n) is 9.67. The largest absolute Gasteiger partial charge is 0.329 e. The van der Waals surface area contributed by atoms with Gasteiger partial charge in [0.05, 0.1) is 17.9 Å². The molecule has 7 heteroatoms. The van der Waals surface area contributed by atoms with E-state index in [4.69, 9.17) is 11.6 Å². The average Bonchev–Trinajstić information content (AvgIpc) is 2.69. The molecule has 1 N–H and O–H groups in total. The highest BCUT2D eigenvalue weighted by Crippen LogP contribution is 2.38. The summed E-state index contributed by atoms with van der Waals surface area (Å²) < 4.78 is 14.7. The molecule has 1 aromatic carbocycles. The summed E-state index contributed by atoms with van der Waals surface area (Å²) >= 11 is 6.15. The average molecular weight is 403 g/mol. The Labute approximate surface area is 169 Å². The molecule has 0 unspecified atom stereocenters. The van der Waals surface area contributed by atoms with Gasteiger partial charge < -0.3 is 5.32 Å². The third kappa shape index (κ3) is 3.35. The van der Waals surface area contributed by atoms with Crippen LogP contribution in [-0.2, 0) is 6.54 Å². The fourth-order valence-corrected chi connectivity index (χ4v) is 4.53. The van der Waals surface area contributed by atoms with Gasteiger partial charge in [-0.2, -0.15) is 0 Å². The Morgan fingerprint density at radius 3 is 2.68 bits per heavy atom. The van der Waals surface area contributed by atoms with E-state index in [1.54, 1.807) is 18.3 Å². The van der Waals surface area contributed by atoms with Gasteiger partial charge in [0, 0.05) is 23.8 Å². The molecule has 1 aliphatic heterocycles. The number of aryl methyl sites for hydroxylation is 1. The number of rotatable bonds is 3. The number of benzene rings is 1. The van der Waals surface area contributed by atoms with Crippen LogP contribution in [0.2, 0.25) is 5.15 Å². The molecule has 0 bridgehead atoms. The van der Waals surface area contributed by atoms with E-state index in [-0.39, 0.29) is 18.6 Å². The van der Waals surface area contributed by atoms with Crippen molar-refractivity contribution < 1.29 is 9.18 Å². The molecule has 2 heterocycles. The number of hydrogen-bond acceptors (Lipinski definition) is 3. The molecule has 28 heavy (non-hydrogen) atoms. The van der Waals surface area contributed by atoms with Crippen LogP contribution in [0.15, 0.2) is 30.5 Å². The van der Waals surface area contributed by atoms with Crippen molar-refractivity contribution in [1.29, 1.82) is 0 Å². The minimum absolute atomic E-state index is 0.0594. The molecule has 4 rings (SSSR count). The van der Waals surface area contributed by atoms with Gasteiger partial charge in [-0.1, -0.05) is 23.7 Å². The van der Waals surface area contributed by atoms with Crippen molar-refractivity contribution in [1.82, 2.24) is 10.3 Å². The van der Waals surface area contributed by atoms with E-state index in [1.807, 2.05) is 24.9 Å². The van der Waals surface area contributed by atoms with Crippen LogP contribution in [0.3, 0.4) is 0 Å². The van der Waals surface area contributed by atoms with Crippen molar-refractivity contribution in [3.63, 3.8) is 0 Å². The Kier molecular flexibility index (Phi) is 5.25. The smallest absolute Gasteiger partial charge is 0.317 e. The molecule has 0 radical (unpaired) electrons. The molecule has 0 saturated heterocycles. The van der Waals surface area contributed by atoms with E-state index < -0.39 is 5.82 Å². The molecule has 0 atom stereocenters. The van der Waals surface area contributed by atoms with Crippen LogP contribution in [0.25, 0.3) is 0 Å². The van der Waals surface area contributed by atoms with Crippen molar-refractivity contribution >= 4 is 29.0 Å². The van der Waals surface area contributed by atoms with Gasteiger partial charge in [0.15, 0.2) is 0 Å². The van der Waals surface area contributed by atoms with Crippen LogP contribution in [0.1, 0.15) is 36.8 Å². The Balaban J connectivity index is 1.76. The van der Waals surface area contributed by atoms with Crippen LogP contribution in [0.4, 0.5) is 20.6 Å². The number of hydrogen-bond donors (Lipinski definition) is 1. The highest BCUT2D eigenvalue weighted by molar-refractivity contribution is 6.29. The maximum absolute atomic E-state index is 14.7. The first-order valence-corrected chi connectivity index (χ1v) is 10.0. The summed E-state index contributed by atoms with van der Waals surface area (Å²) in [5.41, 5.74) is 2.74. The van der Waals surface area contributed by atoms with Gasteiger partial charge >= 0.3 is 6.03 Å². The number of urea groups is 1. The normalized spacial score (nSPS) is 22.4. The van der Waals surface area contributed by atoms with Gasteiger partial charge in [-0.05, 0) is 57.4 Å². The van der Waals surface area contributed by atoms with Crippen molar-refractivity contribution in [2.75, 3.05) is 16.8 Å². The van der Waals surface area contributed by atoms with Crippen molar-refractivity contribution in [3.8, 4) is 0 Å². The molecule has 148 valence electrons. The zero-order valence-electron chi connectivity index (χ0n) is 16.1. The Morgan fingerprint density at radius 2 is 2.00 bits per heavy atom.